The lowest BCUT2D eigenvalue weighted by atomic mass is 10.0. The van der Waals surface area contributed by atoms with E-state index in [1.807, 2.05) is 26.1 Å². The number of carbonyl (C=O) groups is 5. The van der Waals surface area contributed by atoms with Crippen molar-refractivity contribution in [1.29, 1.82) is 0 Å². The predicted molar refractivity (Wildman–Crippen MR) is 258 cm³/mol. The van der Waals surface area contributed by atoms with Crippen LogP contribution in [0, 0.1) is 6.92 Å². The Balaban J connectivity index is 0.825. The van der Waals surface area contributed by atoms with Crippen LogP contribution in [-0.4, -0.2) is 149 Å². The third-order valence-corrected chi connectivity index (χ3v) is 13.8. The molecular formula is C47H58ClN9O11S. The third kappa shape index (κ3) is 13.5. The maximum atomic E-state index is 13.2. The van der Waals surface area contributed by atoms with E-state index in [9.17, 15) is 32.4 Å². The fourth-order valence-electron chi connectivity index (χ4n) is 7.45. The van der Waals surface area contributed by atoms with Crippen molar-refractivity contribution in [1.82, 2.24) is 30.4 Å². The van der Waals surface area contributed by atoms with Crippen LogP contribution in [0.3, 0.4) is 0 Å². The summed E-state index contributed by atoms with van der Waals surface area (Å²) in [6, 6.07) is 14.1. The summed E-state index contributed by atoms with van der Waals surface area (Å²) in [5, 5.41) is 13.7. The van der Waals surface area contributed by atoms with E-state index in [1.165, 1.54) is 12.3 Å². The standard InChI is InChI=1S/C47H58ClN9O11S/c1-29(2)69(63,64)39-12-7-6-10-34(39)52-43-33(48)27-51-47(55-43)53-36-25-30(3)31(26-38(36)65-5)15-17-56(4)18-20-67-22-24-68-23-21-66-19-16-49-41(59)28-50-35-11-8-9-32-42(35)46(62)57(45(32)61)37-13-14-40(58)54-44(37)60/h6-12,25-27,29,37,50H,13-24,28H2,1-5H3,(H,49,59)(H,54,58,60)(H2,51,52,53,55). The number of anilines is 5. The number of ether oxygens (including phenoxy) is 4. The van der Waals surface area contributed by atoms with E-state index in [4.69, 9.17) is 30.5 Å². The maximum Gasteiger partial charge on any atom is 0.264 e. The van der Waals surface area contributed by atoms with Crippen molar-refractivity contribution in [2.75, 3.05) is 95.9 Å². The number of methoxy groups -OCH3 is 1. The fourth-order valence-corrected chi connectivity index (χ4v) is 8.79. The van der Waals surface area contributed by atoms with Crippen molar-refractivity contribution < 1.29 is 51.3 Å². The molecule has 4 aromatic rings. The van der Waals surface area contributed by atoms with E-state index in [2.05, 4.69) is 41.5 Å². The SMILES string of the molecule is COc1cc(CCN(C)CCOCCOCCOCCNC(=O)CNc2cccc3c2C(=O)N(C2CCC(=O)NC2=O)C3=O)c(C)cc1Nc1ncc(Cl)c(Nc2ccccc2S(=O)(=O)C(C)C)n1. The van der Waals surface area contributed by atoms with Gasteiger partial charge in [0, 0.05) is 31.7 Å². The molecule has 3 heterocycles. The molecule has 0 saturated carbocycles. The molecule has 1 atom stereocenters. The zero-order valence-electron chi connectivity index (χ0n) is 39.2. The van der Waals surface area contributed by atoms with Crippen LogP contribution in [0.25, 0.3) is 0 Å². The number of aryl methyl sites for hydroxylation is 1. The van der Waals surface area contributed by atoms with Gasteiger partial charge in [-0.3, -0.25) is 34.2 Å². The Hall–Kier alpha value is -6.23. The smallest absolute Gasteiger partial charge is 0.264 e. The summed E-state index contributed by atoms with van der Waals surface area (Å²) in [4.78, 5) is 74.8. The normalized spacial score (nSPS) is 14.8. The van der Waals surface area contributed by atoms with Crippen molar-refractivity contribution in [3.05, 3.63) is 88.1 Å². The second-order valence-corrected chi connectivity index (χ2v) is 19.4. The largest absolute Gasteiger partial charge is 0.495 e. The molecule has 2 aliphatic rings. The number of sulfone groups is 1. The quantitative estimate of drug-likeness (QED) is 0.0435. The monoisotopic (exact) mass is 991 g/mol. The van der Waals surface area contributed by atoms with Crippen LogP contribution in [-0.2, 0) is 44.9 Å². The van der Waals surface area contributed by atoms with E-state index < -0.39 is 44.8 Å². The lowest BCUT2D eigenvalue weighted by Gasteiger charge is -2.27. The number of nitrogens with one attached hydrogen (secondary N) is 5. The fraction of sp³-hybridized carbons (Fsp3) is 0.426. The van der Waals surface area contributed by atoms with Crippen molar-refractivity contribution in [2.24, 2.45) is 0 Å². The Kier molecular flexibility index (Phi) is 18.4. The van der Waals surface area contributed by atoms with Crippen LogP contribution in [0.15, 0.2) is 65.7 Å². The van der Waals surface area contributed by atoms with Crippen molar-refractivity contribution >= 4 is 79.8 Å². The zero-order valence-corrected chi connectivity index (χ0v) is 40.8. The third-order valence-electron chi connectivity index (χ3n) is 11.3. The van der Waals surface area contributed by atoms with Gasteiger partial charge in [-0.15, -0.1) is 0 Å². The number of halogens is 1. The number of para-hydroxylation sites is 1. The van der Waals surface area contributed by atoms with E-state index in [0.29, 0.717) is 56.7 Å². The van der Waals surface area contributed by atoms with Crippen LogP contribution in [0.1, 0.15) is 58.5 Å². The molecule has 5 N–H and O–H groups in total. The van der Waals surface area contributed by atoms with Gasteiger partial charge in [-0.05, 0) is 88.2 Å². The number of imide groups is 2. The Morgan fingerprint density at radius 2 is 1.62 bits per heavy atom. The first-order valence-electron chi connectivity index (χ1n) is 22.4. The summed E-state index contributed by atoms with van der Waals surface area (Å²) in [5.41, 5.74) is 3.63. The van der Waals surface area contributed by atoms with Gasteiger partial charge in [0.05, 0.1) is 92.1 Å². The molecule has 6 rings (SSSR count). The van der Waals surface area contributed by atoms with Gasteiger partial charge in [0.15, 0.2) is 15.7 Å². The van der Waals surface area contributed by atoms with Crippen molar-refractivity contribution in [3.8, 4) is 5.75 Å². The van der Waals surface area contributed by atoms with Gasteiger partial charge < -0.3 is 45.1 Å². The first-order chi connectivity index (χ1) is 33.1. The van der Waals surface area contributed by atoms with E-state index in [0.717, 1.165) is 29.0 Å². The minimum atomic E-state index is -3.58. The summed E-state index contributed by atoms with van der Waals surface area (Å²) in [5.74, 6) is -1.72. The molecule has 1 unspecified atom stereocenters. The lowest BCUT2D eigenvalue weighted by molar-refractivity contribution is -0.136. The van der Waals surface area contributed by atoms with Crippen LogP contribution in [0.5, 0.6) is 5.75 Å². The Morgan fingerprint density at radius 1 is 0.913 bits per heavy atom. The second-order valence-electron chi connectivity index (χ2n) is 16.5. The van der Waals surface area contributed by atoms with Gasteiger partial charge in [-0.25, -0.2) is 13.4 Å². The number of fused-ring (bicyclic) bond motifs is 1. The first-order valence-corrected chi connectivity index (χ1v) is 24.3. The molecule has 20 nitrogen and oxygen atoms in total. The predicted octanol–water partition coefficient (Wildman–Crippen LogP) is 4.27. The highest BCUT2D eigenvalue weighted by atomic mass is 35.5. The van der Waals surface area contributed by atoms with Crippen LogP contribution in [0.4, 0.5) is 28.8 Å². The van der Waals surface area contributed by atoms with E-state index in [1.54, 1.807) is 57.4 Å². The van der Waals surface area contributed by atoms with E-state index in [-0.39, 0.29) is 76.9 Å². The summed E-state index contributed by atoms with van der Waals surface area (Å²) in [6.07, 6.45) is 2.27. The van der Waals surface area contributed by atoms with Crippen molar-refractivity contribution in [3.63, 3.8) is 0 Å². The van der Waals surface area contributed by atoms with Crippen LogP contribution >= 0.6 is 11.6 Å². The van der Waals surface area contributed by atoms with Crippen LogP contribution < -0.4 is 31.3 Å². The number of hydrogen-bond acceptors (Lipinski definition) is 17. The highest BCUT2D eigenvalue weighted by Crippen LogP contribution is 2.35. The van der Waals surface area contributed by atoms with Gasteiger partial charge >= 0.3 is 0 Å². The molecule has 0 radical (unpaired) electrons. The van der Waals surface area contributed by atoms with Gasteiger partial charge in [-0.2, -0.15) is 4.98 Å². The first kappa shape index (κ1) is 52.1. The molecule has 0 aliphatic carbocycles. The topological polar surface area (TPSA) is 249 Å². The summed E-state index contributed by atoms with van der Waals surface area (Å²) in [7, 11) is 0.0354. The molecular weight excluding hydrogens is 934 g/mol. The van der Waals surface area contributed by atoms with Gasteiger partial charge in [0.2, 0.25) is 23.7 Å². The molecule has 5 amide bonds. The molecule has 1 fully saturated rings. The van der Waals surface area contributed by atoms with Gasteiger partial charge in [-0.1, -0.05) is 29.8 Å². The number of piperidine rings is 1. The Bertz CT molecular complexity index is 2640. The zero-order chi connectivity index (χ0) is 49.7. The average Bonchev–Trinajstić information content (AvgIpc) is 3.57. The second kappa shape index (κ2) is 24.4. The summed E-state index contributed by atoms with van der Waals surface area (Å²) >= 11 is 6.44. The number of aromatic nitrogens is 2. The molecule has 2 aliphatic heterocycles. The maximum absolute atomic E-state index is 13.2. The molecule has 0 spiro atoms. The number of hydrogen-bond donors (Lipinski definition) is 5. The number of carbonyl (C=O) groups excluding carboxylic acids is 5. The molecule has 3 aromatic carbocycles. The Labute approximate surface area is 406 Å². The molecule has 0 bridgehead atoms. The lowest BCUT2D eigenvalue weighted by Crippen LogP contribution is -2.54. The van der Waals surface area contributed by atoms with Crippen LogP contribution in [0.2, 0.25) is 5.02 Å². The molecule has 69 heavy (non-hydrogen) atoms. The van der Waals surface area contributed by atoms with E-state index >= 15 is 0 Å². The molecule has 1 aromatic heterocycles. The number of rotatable bonds is 26. The average molecular weight is 993 g/mol. The molecule has 1 saturated heterocycles. The number of likely N-dealkylation sites (N-methyl/N-ethyl adjacent to an activating group) is 1. The summed E-state index contributed by atoms with van der Waals surface area (Å²) < 4.78 is 48.7. The Morgan fingerprint density at radius 3 is 2.35 bits per heavy atom. The minimum absolute atomic E-state index is 0.0174. The van der Waals surface area contributed by atoms with Gasteiger partial charge in [0.25, 0.3) is 11.8 Å². The molecule has 370 valence electrons. The number of benzene rings is 3. The summed E-state index contributed by atoms with van der Waals surface area (Å²) in [6.45, 7) is 9.11. The highest BCUT2D eigenvalue weighted by Gasteiger charge is 2.45. The number of nitrogens with zero attached hydrogens (tertiary/aromatic N) is 4. The van der Waals surface area contributed by atoms with Crippen molar-refractivity contribution in [2.45, 2.75) is 56.2 Å². The number of amides is 5. The molecule has 22 heteroatoms. The van der Waals surface area contributed by atoms with Gasteiger partial charge in [0.1, 0.15) is 16.8 Å². The highest BCUT2D eigenvalue weighted by molar-refractivity contribution is 7.92. The minimum Gasteiger partial charge on any atom is -0.495 e.